The maximum atomic E-state index is 12.8. The first-order chi connectivity index (χ1) is 22.5. The fraction of sp³-hybridized carbons (Fsp3) is 0.395. The van der Waals surface area contributed by atoms with Crippen LogP contribution in [0.15, 0.2) is 91.0 Å². The zero-order valence-corrected chi connectivity index (χ0v) is 31.5. The second-order valence-corrected chi connectivity index (χ2v) is 13.5. The van der Waals surface area contributed by atoms with E-state index in [9.17, 15) is 14.0 Å². The van der Waals surface area contributed by atoms with Crippen molar-refractivity contribution in [2.75, 3.05) is 21.2 Å². The van der Waals surface area contributed by atoms with E-state index in [1.54, 1.807) is 32.0 Å². The Morgan fingerprint density at radius 1 is 0.583 bits per heavy atom. The van der Waals surface area contributed by atoms with Crippen molar-refractivity contribution in [1.29, 1.82) is 0 Å². The smallest absolute Gasteiger partial charge is 0.337 e. The molecule has 5 heteroatoms. The van der Waals surface area contributed by atoms with E-state index in [0.29, 0.717) is 29.2 Å². The summed E-state index contributed by atoms with van der Waals surface area (Å²) in [5.41, 5.74) is 8.44. The highest BCUT2D eigenvalue weighted by Crippen LogP contribution is 2.18. The van der Waals surface area contributed by atoms with E-state index in [-0.39, 0.29) is 17.7 Å². The lowest BCUT2D eigenvalue weighted by molar-refractivity contribution is 0.0600. The van der Waals surface area contributed by atoms with E-state index >= 15 is 0 Å². The summed E-state index contributed by atoms with van der Waals surface area (Å²) in [6.07, 6.45) is 0. The third kappa shape index (κ3) is 14.7. The fourth-order valence-corrected chi connectivity index (χ4v) is 4.41. The lowest BCUT2D eigenvalue weighted by atomic mass is 10.0. The summed E-state index contributed by atoms with van der Waals surface area (Å²) in [6.45, 7) is 21.0. The van der Waals surface area contributed by atoms with Gasteiger partial charge in [-0.3, -0.25) is 4.79 Å². The van der Waals surface area contributed by atoms with Crippen LogP contribution < -0.4 is 0 Å². The van der Waals surface area contributed by atoms with Gasteiger partial charge in [-0.05, 0) is 95.7 Å². The van der Waals surface area contributed by atoms with Crippen LogP contribution in [0.1, 0.15) is 133 Å². The first kappa shape index (κ1) is 41.8. The number of halogens is 1. The van der Waals surface area contributed by atoms with Crippen LogP contribution in [0.2, 0.25) is 0 Å². The predicted molar refractivity (Wildman–Crippen MR) is 201 cm³/mol. The maximum Gasteiger partial charge on any atom is 0.337 e. The molecular formula is C43H58FNO3. The Hall–Kier alpha value is -4.25. The van der Waals surface area contributed by atoms with Gasteiger partial charge in [-0.2, -0.15) is 0 Å². The van der Waals surface area contributed by atoms with Gasteiger partial charge in [-0.1, -0.05) is 122 Å². The number of benzene rings is 4. The van der Waals surface area contributed by atoms with Gasteiger partial charge in [-0.25, -0.2) is 9.18 Å². The Bertz CT molecular complexity index is 1550. The number of hydrogen-bond donors (Lipinski definition) is 0. The van der Waals surface area contributed by atoms with Gasteiger partial charge in [-0.15, -0.1) is 0 Å². The number of nitrogens with zero attached hydrogens (tertiary/aromatic N) is 1. The molecule has 0 bridgehead atoms. The van der Waals surface area contributed by atoms with Crippen LogP contribution in [-0.4, -0.2) is 38.0 Å². The molecule has 0 aliphatic carbocycles. The molecule has 0 heterocycles. The standard InChI is InChI=1S/C12H17NO.C11H14O2.C10H13F.C10H14/c1-9(2)10-6-5-7-11(8-10)12(14)13(3)4;1-8(2)9-5-4-6-10(7-9)11(12)13-3;1-7(2)9-4-5-10(11)8(3)6-9;1-8(2)10-6-4-9(3)5-7-10/h5-9H,1-4H3;4-8H,1-3H3;4-7H,1-3H3;4-8H,1-3H3. The SMILES string of the molecule is CC(C)c1cccc(C(=O)N(C)C)c1.COC(=O)c1cccc(C(C)C)c1.Cc1cc(C(C)C)ccc1F.Cc1ccc(C(C)C)cc1. The summed E-state index contributed by atoms with van der Waals surface area (Å²) in [7, 11) is 4.93. The van der Waals surface area contributed by atoms with Crippen molar-refractivity contribution in [3.05, 3.63) is 141 Å². The van der Waals surface area contributed by atoms with Crippen molar-refractivity contribution in [3.8, 4) is 0 Å². The maximum absolute atomic E-state index is 12.8. The molecule has 260 valence electrons. The number of ether oxygens (including phenoxy) is 1. The minimum absolute atomic E-state index is 0.0625. The quantitative estimate of drug-likeness (QED) is 0.194. The number of hydrogen-bond acceptors (Lipinski definition) is 3. The molecule has 0 saturated heterocycles. The van der Waals surface area contributed by atoms with Gasteiger partial charge in [0.15, 0.2) is 0 Å². The van der Waals surface area contributed by atoms with Crippen LogP contribution in [0.5, 0.6) is 0 Å². The number of rotatable bonds is 6. The van der Waals surface area contributed by atoms with Gasteiger partial charge in [0, 0.05) is 19.7 Å². The second-order valence-electron chi connectivity index (χ2n) is 13.5. The number of aryl methyl sites for hydroxylation is 2. The summed E-state index contributed by atoms with van der Waals surface area (Å²) in [6, 6.07) is 29.3. The average molecular weight is 656 g/mol. The van der Waals surface area contributed by atoms with Crippen LogP contribution in [0.25, 0.3) is 0 Å². The van der Waals surface area contributed by atoms with Crippen LogP contribution in [0, 0.1) is 19.7 Å². The third-order valence-corrected chi connectivity index (χ3v) is 7.77. The number of carbonyl (C=O) groups is 2. The van der Waals surface area contributed by atoms with Gasteiger partial charge in [0.25, 0.3) is 5.91 Å². The molecule has 4 aromatic carbocycles. The van der Waals surface area contributed by atoms with E-state index in [0.717, 1.165) is 16.7 Å². The van der Waals surface area contributed by atoms with E-state index in [1.807, 2.05) is 48.5 Å². The van der Waals surface area contributed by atoms with Crippen molar-refractivity contribution in [2.45, 2.75) is 92.9 Å². The third-order valence-electron chi connectivity index (χ3n) is 7.77. The highest BCUT2D eigenvalue weighted by molar-refractivity contribution is 5.94. The fourth-order valence-electron chi connectivity index (χ4n) is 4.41. The van der Waals surface area contributed by atoms with Crippen LogP contribution >= 0.6 is 0 Å². The molecule has 0 aliphatic rings. The monoisotopic (exact) mass is 655 g/mol. The van der Waals surface area contributed by atoms with E-state index in [1.165, 1.54) is 35.4 Å². The van der Waals surface area contributed by atoms with Gasteiger partial charge in [0.2, 0.25) is 0 Å². The lowest BCUT2D eigenvalue weighted by Crippen LogP contribution is -2.21. The molecular weight excluding hydrogens is 597 g/mol. The zero-order chi connectivity index (χ0) is 36.6. The number of esters is 1. The van der Waals surface area contributed by atoms with Crippen molar-refractivity contribution < 1.29 is 18.7 Å². The molecule has 0 N–H and O–H groups in total. The molecule has 4 rings (SSSR count). The second kappa shape index (κ2) is 20.9. The van der Waals surface area contributed by atoms with E-state index in [2.05, 4.69) is 97.4 Å². The minimum atomic E-state index is -0.275. The Kier molecular flexibility index (Phi) is 18.2. The first-order valence-corrected chi connectivity index (χ1v) is 16.8. The molecule has 0 fully saturated rings. The normalized spacial score (nSPS) is 10.4. The highest BCUT2D eigenvalue weighted by Gasteiger charge is 2.09. The molecule has 0 aliphatic heterocycles. The number of amides is 1. The van der Waals surface area contributed by atoms with Crippen molar-refractivity contribution in [3.63, 3.8) is 0 Å². The summed E-state index contributed by atoms with van der Waals surface area (Å²) in [5, 5.41) is 0. The summed E-state index contributed by atoms with van der Waals surface area (Å²) in [4.78, 5) is 24.4. The van der Waals surface area contributed by atoms with Crippen molar-refractivity contribution in [1.82, 2.24) is 4.90 Å². The molecule has 4 nitrogen and oxygen atoms in total. The molecule has 0 saturated carbocycles. The highest BCUT2D eigenvalue weighted by atomic mass is 19.1. The topological polar surface area (TPSA) is 46.6 Å². The van der Waals surface area contributed by atoms with Gasteiger partial charge in [0.1, 0.15) is 5.82 Å². The Labute approximate surface area is 290 Å². The molecule has 0 unspecified atom stereocenters. The van der Waals surface area contributed by atoms with Gasteiger partial charge >= 0.3 is 5.97 Å². The van der Waals surface area contributed by atoms with Gasteiger partial charge in [0.05, 0.1) is 12.7 Å². The molecule has 0 radical (unpaired) electrons. The van der Waals surface area contributed by atoms with Gasteiger partial charge < -0.3 is 9.64 Å². The largest absolute Gasteiger partial charge is 0.465 e. The number of methoxy groups -OCH3 is 1. The van der Waals surface area contributed by atoms with E-state index < -0.39 is 0 Å². The molecule has 0 atom stereocenters. The van der Waals surface area contributed by atoms with E-state index in [4.69, 9.17) is 0 Å². The minimum Gasteiger partial charge on any atom is -0.465 e. The first-order valence-electron chi connectivity index (χ1n) is 16.8. The molecule has 0 spiro atoms. The Balaban J connectivity index is 0.000000322. The summed E-state index contributed by atoms with van der Waals surface area (Å²) >= 11 is 0. The van der Waals surface area contributed by atoms with Crippen LogP contribution in [0.4, 0.5) is 4.39 Å². The van der Waals surface area contributed by atoms with Crippen molar-refractivity contribution >= 4 is 11.9 Å². The van der Waals surface area contributed by atoms with Crippen LogP contribution in [0.3, 0.4) is 0 Å². The Morgan fingerprint density at radius 2 is 1.00 bits per heavy atom. The molecule has 48 heavy (non-hydrogen) atoms. The average Bonchev–Trinajstić information content (AvgIpc) is 3.06. The van der Waals surface area contributed by atoms with Crippen LogP contribution in [-0.2, 0) is 4.74 Å². The van der Waals surface area contributed by atoms with Crippen molar-refractivity contribution in [2.24, 2.45) is 0 Å². The zero-order valence-electron chi connectivity index (χ0n) is 31.5. The number of carbonyl (C=O) groups excluding carboxylic acids is 2. The molecule has 1 amide bonds. The molecule has 0 aromatic heterocycles. The predicted octanol–water partition coefficient (Wildman–Crippen LogP) is 11.5. The summed E-state index contributed by atoms with van der Waals surface area (Å²) in [5.74, 6) is 1.70. The lowest BCUT2D eigenvalue weighted by Gasteiger charge is -2.12. The Morgan fingerprint density at radius 3 is 1.42 bits per heavy atom. The summed E-state index contributed by atoms with van der Waals surface area (Å²) < 4.78 is 17.4. The molecule has 4 aromatic rings.